The molecule has 0 spiro atoms. The number of halogens is 2. The highest BCUT2D eigenvalue weighted by atomic mass is 79.9. The Morgan fingerprint density at radius 3 is 2.68 bits per heavy atom. The Labute approximate surface area is 143 Å². The molecule has 0 radical (unpaired) electrons. The Morgan fingerprint density at radius 1 is 1.32 bits per heavy atom. The first-order valence-corrected chi connectivity index (χ1v) is 7.64. The monoisotopic (exact) mass is 427 g/mol. The quantitative estimate of drug-likeness (QED) is 0.517. The van der Waals surface area contributed by atoms with Gasteiger partial charge in [-0.25, -0.2) is 5.43 Å². The molecule has 0 saturated carbocycles. The molecule has 0 unspecified atom stereocenters. The molecule has 0 aliphatic rings. The van der Waals surface area contributed by atoms with Crippen LogP contribution in [0.4, 0.5) is 0 Å². The molecule has 2 rings (SSSR count). The lowest BCUT2D eigenvalue weighted by atomic mass is 10.2. The van der Waals surface area contributed by atoms with Crippen LogP contribution >= 0.6 is 31.9 Å². The zero-order chi connectivity index (χ0) is 16.3. The molecule has 0 atom stereocenters. The number of pyridine rings is 1. The van der Waals surface area contributed by atoms with Gasteiger partial charge in [0, 0.05) is 17.5 Å². The average Bonchev–Trinajstić information content (AvgIpc) is 2.50. The van der Waals surface area contributed by atoms with Crippen LogP contribution in [-0.2, 0) is 0 Å². The van der Waals surface area contributed by atoms with Crippen LogP contribution in [0.15, 0.2) is 38.4 Å². The zero-order valence-corrected chi connectivity index (χ0v) is 14.5. The van der Waals surface area contributed by atoms with Crippen molar-refractivity contribution in [2.75, 3.05) is 0 Å². The molecular weight excluding hydrogens is 418 g/mol. The van der Waals surface area contributed by atoms with Gasteiger partial charge in [0.05, 0.1) is 16.3 Å². The summed E-state index contributed by atoms with van der Waals surface area (Å²) in [4.78, 5) is 15.9. The third-order valence-electron chi connectivity index (χ3n) is 2.74. The molecule has 0 saturated heterocycles. The normalized spacial score (nSPS) is 10.9. The molecule has 1 aromatic carbocycles. The van der Waals surface area contributed by atoms with Gasteiger partial charge in [-0.15, -0.1) is 0 Å². The summed E-state index contributed by atoms with van der Waals surface area (Å²) in [5.41, 5.74) is 3.84. The fourth-order valence-corrected chi connectivity index (χ4v) is 2.70. The van der Waals surface area contributed by atoms with E-state index >= 15 is 0 Å². The largest absolute Gasteiger partial charge is 0.506 e. The van der Waals surface area contributed by atoms with Gasteiger partial charge < -0.3 is 10.2 Å². The maximum Gasteiger partial charge on any atom is 0.272 e. The van der Waals surface area contributed by atoms with Crippen molar-refractivity contribution < 1.29 is 15.0 Å². The second kappa shape index (κ2) is 6.89. The Hall–Kier alpha value is -1.93. The van der Waals surface area contributed by atoms with Crippen molar-refractivity contribution in [1.29, 1.82) is 0 Å². The van der Waals surface area contributed by atoms with E-state index in [1.54, 1.807) is 12.1 Å². The molecule has 2 aromatic rings. The molecule has 6 nitrogen and oxygen atoms in total. The predicted octanol–water partition coefficient (Wildman–Crippen LogP) is 3.09. The number of aromatic hydroxyl groups is 2. The number of hydrogen-bond acceptors (Lipinski definition) is 5. The second-order valence-corrected chi connectivity index (χ2v) is 5.99. The van der Waals surface area contributed by atoms with Crippen molar-refractivity contribution >= 4 is 44.0 Å². The van der Waals surface area contributed by atoms with E-state index in [1.807, 2.05) is 6.92 Å². The molecule has 0 bridgehead atoms. The SMILES string of the molecule is Cc1ccc(C(=O)N/N=C\c2cc(Br)c(O)c(Br)c2O)cn1. The first-order valence-electron chi connectivity index (χ1n) is 6.06. The summed E-state index contributed by atoms with van der Waals surface area (Å²) in [7, 11) is 0. The third-order valence-corrected chi connectivity index (χ3v) is 4.10. The van der Waals surface area contributed by atoms with Crippen LogP contribution in [-0.4, -0.2) is 27.3 Å². The molecule has 0 fully saturated rings. The topological polar surface area (TPSA) is 94.8 Å². The Kier molecular flexibility index (Phi) is 5.15. The summed E-state index contributed by atoms with van der Waals surface area (Å²) in [5, 5.41) is 23.3. The van der Waals surface area contributed by atoms with Gasteiger partial charge in [0.15, 0.2) is 0 Å². The molecule has 0 aliphatic heterocycles. The number of rotatable bonds is 3. The van der Waals surface area contributed by atoms with E-state index in [4.69, 9.17) is 0 Å². The summed E-state index contributed by atoms with van der Waals surface area (Å²) in [5.74, 6) is -0.722. The lowest BCUT2D eigenvalue weighted by Crippen LogP contribution is -2.17. The van der Waals surface area contributed by atoms with Gasteiger partial charge in [0.1, 0.15) is 16.0 Å². The van der Waals surface area contributed by atoms with Crippen LogP contribution < -0.4 is 5.43 Å². The highest BCUT2D eigenvalue weighted by Crippen LogP contribution is 2.40. The van der Waals surface area contributed by atoms with Gasteiger partial charge in [-0.1, -0.05) is 0 Å². The molecule has 3 N–H and O–H groups in total. The Bertz CT molecular complexity index is 746. The number of hydrogen-bond donors (Lipinski definition) is 3. The second-order valence-electron chi connectivity index (χ2n) is 4.35. The van der Waals surface area contributed by atoms with Gasteiger partial charge in [-0.05, 0) is 57.0 Å². The minimum absolute atomic E-state index is 0.121. The molecule has 22 heavy (non-hydrogen) atoms. The minimum Gasteiger partial charge on any atom is -0.506 e. The molecule has 8 heteroatoms. The first kappa shape index (κ1) is 16.4. The summed E-state index contributed by atoms with van der Waals surface area (Å²) in [6.07, 6.45) is 2.72. The van der Waals surface area contributed by atoms with Gasteiger partial charge in [0.25, 0.3) is 5.91 Å². The number of nitrogens with one attached hydrogen (secondary N) is 1. The van der Waals surface area contributed by atoms with Crippen LogP contribution in [0.3, 0.4) is 0 Å². The smallest absolute Gasteiger partial charge is 0.272 e. The van der Waals surface area contributed by atoms with E-state index in [-0.39, 0.29) is 16.0 Å². The number of phenols is 2. The molecule has 1 amide bonds. The number of nitrogens with zero attached hydrogens (tertiary/aromatic N) is 2. The number of aryl methyl sites for hydroxylation is 1. The first-order chi connectivity index (χ1) is 10.4. The van der Waals surface area contributed by atoms with Crippen LogP contribution in [0.5, 0.6) is 11.5 Å². The summed E-state index contributed by atoms with van der Waals surface area (Å²) >= 11 is 6.20. The van der Waals surface area contributed by atoms with Gasteiger partial charge in [-0.3, -0.25) is 9.78 Å². The zero-order valence-electron chi connectivity index (χ0n) is 11.3. The maximum absolute atomic E-state index is 11.8. The number of hydrazone groups is 1. The number of amides is 1. The van der Waals surface area contributed by atoms with Crippen molar-refractivity contribution in [2.45, 2.75) is 6.92 Å². The molecule has 0 aliphatic carbocycles. The van der Waals surface area contributed by atoms with Crippen LogP contribution in [0.2, 0.25) is 0 Å². The Balaban J connectivity index is 2.13. The summed E-state index contributed by atoms with van der Waals surface area (Å²) in [6.45, 7) is 1.82. The molecular formula is C14H11Br2N3O3. The van der Waals surface area contributed by atoms with E-state index in [1.165, 1.54) is 18.5 Å². The standard InChI is InChI=1S/C14H11Br2N3O3/c1-7-2-3-8(5-17-7)14(22)19-18-6-9-4-10(15)13(21)11(16)12(9)20/h2-6,20-21H,1H3,(H,19,22)/b18-6-. The van der Waals surface area contributed by atoms with E-state index in [9.17, 15) is 15.0 Å². The molecule has 1 aromatic heterocycles. The van der Waals surface area contributed by atoms with Crippen LogP contribution in [0.1, 0.15) is 21.6 Å². The van der Waals surface area contributed by atoms with Crippen molar-refractivity contribution in [3.05, 3.63) is 50.2 Å². The number of aromatic nitrogens is 1. The predicted molar refractivity (Wildman–Crippen MR) is 89.2 cm³/mol. The number of benzene rings is 1. The van der Waals surface area contributed by atoms with Gasteiger partial charge >= 0.3 is 0 Å². The van der Waals surface area contributed by atoms with Crippen molar-refractivity contribution in [2.24, 2.45) is 5.10 Å². The highest BCUT2D eigenvalue weighted by Gasteiger charge is 2.13. The van der Waals surface area contributed by atoms with Gasteiger partial charge in [-0.2, -0.15) is 5.10 Å². The lowest BCUT2D eigenvalue weighted by Gasteiger charge is -2.06. The number of carbonyl (C=O) groups is 1. The number of carbonyl (C=O) groups excluding carboxylic acids is 1. The van der Waals surface area contributed by atoms with E-state index in [0.29, 0.717) is 15.6 Å². The van der Waals surface area contributed by atoms with Crippen LogP contribution in [0.25, 0.3) is 0 Å². The van der Waals surface area contributed by atoms with Crippen molar-refractivity contribution in [3.63, 3.8) is 0 Å². The molecule has 1 heterocycles. The third kappa shape index (κ3) is 3.63. The van der Waals surface area contributed by atoms with Crippen LogP contribution in [0, 0.1) is 6.92 Å². The summed E-state index contributed by atoms with van der Waals surface area (Å²) < 4.78 is 0.519. The van der Waals surface area contributed by atoms with E-state index in [2.05, 4.69) is 47.4 Å². The minimum atomic E-state index is -0.417. The Morgan fingerprint density at radius 2 is 2.05 bits per heavy atom. The van der Waals surface area contributed by atoms with Crippen molar-refractivity contribution in [3.8, 4) is 11.5 Å². The lowest BCUT2D eigenvalue weighted by molar-refractivity contribution is 0.0954. The highest BCUT2D eigenvalue weighted by molar-refractivity contribution is 9.11. The number of phenolic OH excluding ortho intramolecular Hbond substituents is 2. The van der Waals surface area contributed by atoms with E-state index < -0.39 is 5.91 Å². The van der Waals surface area contributed by atoms with E-state index in [0.717, 1.165) is 5.69 Å². The average molecular weight is 429 g/mol. The van der Waals surface area contributed by atoms with Gasteiger partial charge in [0.2, 0.25) is 0 Å². The maximum atomic E-state index is 11.8. The molecule has 114 valence electrons. The van der Waals surface area contributed by atoms with Crippen molar-refractivity contribution in [1.82, 2.24) is 10.4 Å². The fourth-order valence-electron chi connectivity index (χ4n) is 1.54. The fraction of sp³-hybridized carbons (Fsp3) is 0.0714. The summed E-state index contributed by atoms with van der Waals surface area (Å²) in [6, 6.07) is 4.83.